The van der Waals surface area contributed by atoms with Crippen LogP contribution in [0, 0.1) is 0 Å². The Hall–Kier alpha value is -0.910. The van der Waals surface area contributed by atoms with Gasteiger partial charge >= 0.3 is 0 Å². The van der Waals surface area contributed by atoms with Gasteiger partial charge in [0.15, 0.2) is 15.6 Å². The van der Waals surface area contributed by atoms with E-state index in [9.17, 15) is 8.42 Å². The summed E-state index contributed by atoms with van der Waals surface area (Å²) in [6.07, 6.45) is 4.82. The van der Waals surface area contributed by atoms with Crippen LogP contribution >= 0.6 is 0 Å². The molecule has 0 bridgehead atoms. The fourth-order valence-electron chi connectivity index (χ4n) is 3.02. The van der Waals surface area contributed by atoms with Crippen molar-refractivity contribution in [3.63, 3.8) is 0 Å². The number of hydrogen-bond acceptors (Lipinski definition) is 4. The smallest absolute Gasteiger partial charge is 0.181 e. The Balaban J connectivity index is 1.67. The first-order valence-electron chi connectivity index (χ1n) is 7.19. The van der Waals surface area contributed by atoms with Gasteiger partial charge in [0.25, 0.3) is 0 Å². The summed E-state index contributed by atoms with van der Waals surface area (Å²) < 4.78 is 36.4. The lowest BCUT2D eigenvalue weighted by Crippen LogP contribution is -2.34. The van der Waals surface area contributed by atoms with Gasteiger partial charge in [0.05, 0.1) is 23.4 Å². The topological polar surface area (TPSA) is 52.6 Å². The van der Waals surface area contributed by atoms with Crippen LogP contribution in [0.4, 0.5) is 0 Å². The highest BCUT2D eigenvalue weighted by Gasteiger charge is 2.43. The van der Waals surface area contributed by atoms with E-state index in [-0.39, 0.29) is 11.9 Å². The Bertz CT molecular complexity index is 546. The van der Waals surface area contributed by atoms with E-state index in [2.05, 4.69) is 0 Å². The standard InChI is InChI=1S/C15H20O4S/c16-20(17,14-7-3-1-4-8-14)12-13-11-18-15(19-13)9-5-2-6-10-15/h1,3-4,7-8,13H,2,5-6,9-12H2. The molecule has 2 aliphatic rings. The maximum Gasteiger partial charge on any atom is 0.181 e. The Morgan fingerprint density at radius 1 is 1.10 bits per heavy atom. The molecule has 0 amide bonds. The van der Waals surface area contributed by atoms with Crippen LogP contribution in [0.15, 0.2) is 35.2 Å². The first-order valence-corrected chi connectivity index (χ1v) is 8.85. The highest BCUT2D eigenvalue weighted by molar-refractivity contribution is 7.91. The van der Waals surface area contributed by atoms with Crippen LogP contribution in [0.5, 0.6) is 0 Å². The monoisotopic (exact) mass is 296 g/mol. The van der Waals surface area contributed by atoms with Crippen molar-refractivity contribution in [3.05, 3.63) is 30.3 Å². The van der Waals surface area contributed by atoms with E-state index in [1.165, 1.54) is 6.42 Å². The van der Waals surface area contributed by atoms with Crippen molar-refractivity contribution in [2.75, 3.05) is 12.4 Å². The maximum atomic E-state index is 12.3. The van der Waals surface area contributed by atoms with E-state index in [4.69, 9.17) is 9.47 Å². The Labute approximate surface area is 120 Å². The van der Waals surface area contributed by atoms with Crippen LogP contribution in [0.25, 0.3) is 0 Å². The predicted molar refractivity (Wildman–Crippen MR) is 75.1 cm³/mol. The molecule has 3 rings (SSSR count). The molecular formula is C15H20O4S. The second-order valence-corrected chi connectivity index (χ2v) is 7.65. The van der Waals surface area contributed by atoms with E-state index >= 15 is 0 Å². The SMILES string of the molecule is O=S(=O)(CC1COC2(CCCCC2)O1)c1ccccc1. The molecule has 1 aromatic carbocycles. The lowest BCUT2D eigenvalue weighted by Gasteiger charge is -2.31. The molecule has 1 saturated heterocycles. The minimum absolute atomic E-state index is 0.00123. The van der Waals surface area contributed by atoms with Gasteiger partial charge in [0, 0.05) is 12.8 Å². The van der Waals surface area contributed by atoms with E-state index in [0.717, 1.165) is 25.7 Å². The van der Waals surface area contributed by atoms with Crippen LogP contribution in [-0.4, -0.2) is 32.7 Å². The Morgan fingerprint density at radius 3 is 2.50 bits per heavy atom. The van der Waals surface area contributed by atoms with E-state index < -0.39 is 15.6 Å². The quantitative estimate of drug-likeness (QED) is 0.860. The molecule has 1 spiro atoms. The van der Waals surface area contributed by atoms with Gasteiger partial charge in [-0.05, 0) is 25.0 Å². The molecule has 5 heteroatoms. The molecule has 1 unspecified atom stereocenters. The van der Waals surface area contributed by atoms with Crippen molar-refractivity contribution in [1.29, 1.82) is 0 Å². The summed E-state index contributed by atoms with van der Waals surface area (Å²) in [6.45, 7) is 0.381. The molecule has 0 radical (unpaired) electrons. The molecule has 20 heavy (non-hydrogen) atoms. The van der Waals surface area contributed by atoms with E-state index in [1.54, 1.807) is 24.3 Å². The average molecular weight is 296 g/mol. The summed E-state index contributed by atoms with van der Waals surface area (Å²) in [5, 5.41) is 0. The fraction of sp³-hybridized carbons (Fsp3) is 0.600. The van der Waals surface area contributed by atoms with Gasteiger partial charge in [-0.3, -0.25) is 0 Å². The van der Waals surface area contributed by atoms with Crippen LogP contribution in [0.1, 0.15) is 32.1 Å². The average Bonchev–Trinajstić information content (AvgIpc) is 2.82. The normalized spacial score (nSPS) is 25.9. The van der Waals surface area contributed by atoms with Crippen molar-refractivity contribution < 1.29 is 17.9 Å². The number of hydrogen-bond donors (Lipinski definition) is 0. The lowest BCUT2D eigenvalue weighted by molar-refractivity contribution is -0.185. The van der Waals surface area contributed by atoms with Crippen LogP contribution in [0.2, 0.25) is 0 Å². The third-order valence-corrected chi connectivity index (χ3v) is 5.84. The molecule has 1 aliphatic heterocycles. The number of rotatable bonds is 3. The number of sulfone groups is 1. The molecule has 1 aromatic rings. The van der Waals surface area contributed by atoms with Crippen LogP contribution < -0.4 is 0 Å². The molecule has 110 valence electrons. The first-order chi connectivity index (χ1) is 9.60. The zero-order chi connectivity index (χ0) is 14.1. The lowest BCUT2D eigenvalue weighted by atomic mass is 9.94. The number of benzene rings is 1. The van der Waals surface area contributed by atoms with Gasteiger partial charge in [-0.1, -0.05) is 24.6 Å². The zero-order valence-corrected chi connectivity index (χ0v) is 12.3. The van der Waals surface area contributed by atoms with Gasteiger partial charge in [-0.15, -0.1) is 0 Å². The zero-order valence-electron chi connectivity index (χ0n) is 11.5. The van der Waals surface area contributed by atoms with Crippen LogP contribution in [-0.2, 0) is 19.3 Å². The fourth-order valence-corrected chi connectivity index (χ4v) is 4.44. The molecule has 0 aromatic heterocycles. The highest BCUT2D eigenvalue weighted by atomic mass is 32.2. The van der Waals surface area contributed by atoms with Gasteiger partial charge in [-0.2, -0.15) is 0 Å². The largest absolute Gasteiger partial charge is 0.347 e. The summed E-state index contributed by atoms with van der Waals surface area (Å²) in [7, 11) is -3.30. The van der Waals surface area contributed by atoms with Crippen molar-refractivity contribution in [1.82, 2.24) is 0 Å². The summed E-state index contributed by atoms with van der Waals surface area (Å²) in [6, 6.07) is 8.54. The molecule has 2 fully saturated rings. The molecule has 1 heterocycles. The Kier molecular flexibility index (Phi) is 3.84. The maximum absolute atomic E-state index is 12.3. The molecule has 1 saturated carbocycles. The van der Waals surface area contributed by atoms with Crippen molar-refractivity contribution in [2.24, 2.45) is 0 Å². The Morgan fingerprint density at radius 2 is 1.80 bits per heavy atom. The van der Waals surface area contributed by atoms with Crippen molar-refractivity contribution >= 4 is 9.84 Å². The van der Waals surface area contributed by atoms with E-state index in [1.807, 2.05) is 6.07 Å². The minimum atomic E-state index is -3.30. The molecular weight excluding hydrogens is 276 g/mol. The second kappa shape index (κ2) is 5.47. The summed E-state index contributed by atoms with van der Waals surface area (Å²) in [5.41, 5.74) is 0. The van der Waals surface area contributed by atoms with Gasteiger partial charge < -0.3 is 9.47 Å². The first kappa shape index (κ1) is 14.0. The second-order valence-electron chi connectivity index (χ2n) is 5.62. The molecule has 0 N–H and O–H groups in total. The molecule has 1 atom stereocenters. The van der Waals surface area contributed by atoms with Gasteiger partial charge in [0.1, 0.15) is 0 Å². The van der Waals surface area contributed by atoms with Crippen molar-refractivity contribution in [2.45, 2.75) is 48.9 Å². The van der Waals surface area contributed by atoms with Crippen LogP contribution in [0.3, 0.4) is 0 Å². The predicted octanol–water partition coefficient (Wildman–Crippen LogP) is 2.54. The highest BCUT2D eigenvalue weighted by Crippen LogP contribution is 2.38. The summed E-state index contributed by atoms with van der Waals surface area (Å²) in [4.78, 5) is 0.355. The van der Waals surface area contributed by atoms with Gasteiger partial charge in [-0.25, -0.2) is 8.42 Å². The molecule has 4 nitrogen and oxygen atoms in total. The van der Waals surface area contributed by atoms with Crippen molar-refractivity contribution in [3.8, 4) is 0 Å². The third kappa shape index (κ3) is 2.90. The van der Waals surface area contributed by atoms with Gasteiger partial charge in [0.2, 0.25) is 0 Å². The number of ether oxygens (including phenoxy) is 2. The minimum Gasteiger partial charge on any atom is -0.347 e. The molecule has 1 aliphatic carbocycles. The summed E-state index contributed by atoms with van der Waals surface area (Å²) >= 11 is 0. The van der Waals surface area contributed by atoms with E-state index in [0.29, 0.717) is 11.5 Å². The third-order valence-electron chi connectivity index (χ3n) is 4.04. The summed E-state index contributed by atoms with van der Waals surface area (Å²) in [5.74, 6) is -0.506.